The van der Waals surface area contributed by atoms with Gasteiger partial charge in [0.15, 0.2) is 6.61 Å². The van der Waals surface area contributed by atoms with Crippen molar-refractivity contribution in [1.82, 2.24) is 4.90 Å². The first-order valence-electron chi connectivity index (χ1n) is 10.4. The van der Waals surface area contributed by atoms with Crippen LogP contribution < -0.4 is 20.5 Å². The third-order valence-corrected chi connectivity index (χ3v) is 5.76. The SMILES string of the molecule is CCc1c(N)cccc1OCC1CCN(C(=O)c2ccc3c(c2)NC(=O)CO3)CC1. The van der Waals surface area contributed by atoms with E-state index in [9.17, 15) is 9.59 Å². The number of nitrogens with one attached hydrogen (secondary N) is 1. The van der Waals surface area contributed by atoms with E-state index in [1.54, 1.807) is 18.2 Å². The third-order valence-electron chi connectivity index (χ3n) is 5.76. The van der Waals surface area contributed by atoms with Gasteiger partial charge in [-0.25, -0.2) is 0 Å². The summed E-state index contributed by atoms with van der Waals surface area (Å²) in [5.41, 5.74) is 8.97. The quantitative estimate of drug-likeness (QED) is 0.740. The molecule has 2 aromatic rings. The van der Waals surface area contributed by atoms with Crippen LogP contribution in [-0.2, 0) is 11.2 Å². The molecule has 2 aliphatic heterocycles. The van der Waals surface area contributed by atoms with E-state index in [0.29, 0.717) is 42.6 Å². The number of nitrogens with zero attached hydrogens (tertiary/aromatic N) is 1. The molecule has 30 heavy (non-hydrogen) atoms. The lowest BCUT2D eigenvalue weighted by molar-refractivity contribution is -0.118. The molecule has 0 unspecified atom stereocenters. The highest BCUT2D eigenvalue weighted by molar-refractivity contribution is 5.99. The Morgan fingerprint density at radius 2 is 2.07 bits per heavy atom. The van der Waals surface area contributed by atoms with Crippen molar-refractivity contribution in [2.75, 3.05) is 37.4 Å². The van der Waals surface area contributed by atoms with Gasteiger partial charge >= 0.3 is 0 Å². The molecule has 0 radical (unpaired) electrons. The standard InChI is InChI=1S/C23H27N3O4/c1-2-17-18(24)4-3-5-20(17)29-13-15-8-10-26(11-9-15)23(28)16-6-7-21-19(12-16)25-22(27)14-30-21/h3-7,12,15H,2,8-11,13-14,24H2,1H3,(H,25,27). The molecule has 7 heteroatoms. The second kappa shape index (κ2) is 8.65. The van der Waals surface area contributed by atoms with Crippen LogP contribution in [0.3, 0.4) is 0 Å². The third kappa shape index (κ3) is 4.20. The summed E-state index contributed by atoms with van der Waals surface area (Å²) in [7, 11) is 0. The molecule has 0 atom stereocenters. The number of piperidine rings is 1. The number of nitrogen functional groups attached to an aromatic ring is 1. The summed E-state index contributed by atoms with van der Waals surface area (Å²) < 4.78 is 11.4. The van der Waals surface area contributed by atoms with Gasteiger partial charge in [-0.2, -0.15) is 0 Å². The van der Waals surface area contributed by atoms with Crippen LogP contribution in [0.2, 0.25) is 0 Å². The molecule has 2 aromatic carbocycles. The number of hydrogen-bond acceptors (Lipinski definition) is 5. The zero-order chi connectivity index (χ0) is 21.1. The summed E-state index contributed by atoms with van der Waals surface area (Å²) in [4.78, 5) is 26.3. The van der Waals surface area contributed by atoms with E-state index in [-0.39, 0.29) is 18.4 Å². The molecule has 158 valence electrons. The van der Waals surface area contributed by atoms with Gasteiger partial charge in [0.25, 0.3) is 11.8 Å². The Labute approximate surface area is 176 Å². The molecule has 2 amide bonds. The average Bonchev–Trinajstić information content (AvgIpc) is 2.77. The first-order chi connectivity index (χ1) is 14.5. The second-order valence-corrected chi connectivity index (χ2v) is 7.77. The molecule has 1 fully saturated rings. The normalized spacial score (nSPS) is 16.4. The molecule has 3 N–H and O–H groups in total. The first-order valence-corrected chi connectivity index (χ1v) is 10.4. The summed E-state index contributed by atoms with van der Waals surface area (Å²) >= 11 is 0. The summed E-state index contributed by atoms with van der Waals surface area (Å²) in [6, 6.07) is 11.0. The van der Waals surface area contributed by atoms with Crippen LogP contribution in [0.15, 0.2) is 36.4 Å². The van der Waals surface area contributed by atoms with Gasteiger partial charge in [0.05, 0.1) is 12.3 Å². The summed E-state index contributed by atoms with van der Waals surface area (Å²) in [5, 5.41) is 2.75. The van der Waals surface area contributed by atoms with E-state index in [4.69, 9.17) is 15.2 Å². The minimum absolute atomic E-state index is 0.00516. The predicted octanol–water partition coefficient (Wildman–Crippen LogP) is 3.09. The molecule has 7 nitrogen and oxygen atoms in total. The zero-order valence-corrected chi connectivity index (χ0v) is 17.1. The van der Waals surface area contributed by atoms with E-state index in [0.717, 1.165) is 36.3 Å². The summed E-state index contributed by atoms with van der Waals surface area (Å²) in [6.45, 7) is 4.07. The van der Waals surface area contributed by atoms with E-state index in [1.807, 2.05) is 23.1 Å². The highest BCUT2D eigenvalue weighted by Crippen LogP contribution is 2.30. The number of fused-ring (bicyclic) bond motifs is 1. The van der Waals surface area contributed by atoms with Crippen molar-refractivity contribution in [2.24, 2.45) is 5.92 Å². The fourth-order valence-electron chi connectivity index (χ4n) is 4.01. The van der Waals surface area contributed by atoms with Gasteiger partial charge < -0.3 is 25.4 Å². The number of likely N-dealkylation sites (tertiary alicyclic amines) is 1. The lowest BCUT2D eigenvalue weighted by atomic mass is 9.97. The Hall–Kier alpha value is -3.22. The number of benzene rings is 2. The van der Waals surface area contributed by atoms with Gasteiger partial charge in [0, 0.05) is 29.9 Å². The van der Waals surface area contributed by atoms with Gasteiger partial charge in [-0.3, -0.25) is 9.59 Å². The van der Waals surface area contributed by atoms with Crippen LogP contribution >= 0.6 is 0 Å². The van der Waals surface area contributed by atoms with Gasteiger partial charge in [0.2, 0.25) is 0 Å². The topological polar surface area (TPSA) is 93.9 Å². The van der Waals surface area contributed by atoms with E-state index < -0.39 is 0 Å². The lowest BCUT2D eigenvalue weighted by Gasteiger charge is -2.32. The van der Waals surface area contributed by atoms with Crippen molar-refractivity contribution in [3.05, 3.63) is 47.5 Å². The van der Waals surface area contributed by atoms with Crippen LogP contribution in [0.5, 0.6) is 11.5 Å². The van der Waals surface area contributed by atoms with Crippen molar-refractivity contribution < 1.29 is 19.1 Å². The maximum Gasteiger partial charge on any atom is 0.262 e. The van der Waals surface area contributed by atoms with E-state index >= 15 is 0 Å². The zero-order valence-electron chi connectivity index (χ0n) is 17.1. The first kappa shape index (κ1) is 20.1. The van der Waals surface area contributed by atoms with E-state index in [1.165, 1.54) is 0 Å². The highest BCUT2D eigenvalue weighted by atomic mass is 16.5. The Morgan fingerprint density at radius 1 is 1.27 bits per heavy atom. The molecule has 0 saturated carbocycles. The number of anilines is 2. The predicted molar refractivity (Wildman–Crippen MR) is 115 cm³/mol. The molecule has 2 heterocycles. The largest absolute Gasteiger partial charge is 0.493 e. The number of amides is 2. The second-order valence-electron chi connectivity index (χ2n) is 7.77. The number of carbonyl (C=O) groups is 2. The smallest absolute Gasteiger partial charge is 0.262 e. The van der Waals surface area contributed by atoms with Crippen molar-refractivity contribution in [3.63, 3.8) is 0 Å². The highest BCUT2D eigenvalue weighted by Gasteiger charge is 2.26. The van der Waals surface area contributed by atoms with Crippen LogP contribution in [-0.4, -0.2) is 43.0 Å². The minimum Gasteiger partial charge on any atom is -0.493 e. The van der Waals surface area contributed by atoms with E-state index in [2.05, 4.69) is 12.2 Å². The Kier molecular flexibility index (Phi) is 5.79. The van der Waals surface area contributed by atoms with Gasteiger partial charge in [-0.1, -0.05) is 13.0 Å². The monoisotopic (exact) mass is 409 g/mol. The number of ether oxygens (including phenoxy) is 2. The number of nitrogens with two attached hydrogens (primary N) is 1. The molecule has 0 aliphatic carbocycles. The minimum atomic E-state index is -0.209. The van der Waals surface area contributed by atoms with Crippen LogP contribution in [0.1, 0.15) is 35.7 Å². The molecular formula is C23H27N3O4. The molecule has 0 bridgehead atoms. The maximum atomic E-state index is 12.9. The lowest BCUT2D eigenvalue weighted by Crippen LogP contribution is -2.39. The Balaban J connectivity index is 1.32. The number of hydrogen-bond donors (Lipinski definition) is 2. The molecule has 0 spiro atoms. The maximum absolute atomic E-state index is 12.9. The molecule has 0 aromatic heterocycles. The summed E-state index contributed by atoms with van der Waals surface area (Å²) in [5.74, 6) is 1.61. The Morgan fingerprint density at radius 3 is 2.83 bits per heavy atom. The van der Waals surface area contributed by atoms with Crippen LogP contribution in [0.25, 0.3) is 0 Å². The van der Waals surface area contributed by atoms with Crippen molar-refractivity contribution in [3.8, 4) is 11.5 Å². The fourth-order valence-corrected chi connectivity index (χ4v) is 4.01. The average molecular weight is 409 g/mol. The Bertz CT molecular complexity index is 951. The molecular weight excluding hydrogens is 382 g/mol. The number of carbonyl (C=O) groups excluding carboxylic acids is 2. The molecule has 1 saturated heterocycles. The van der Waals surface area contributed by atoms with Crippen LogP contribution in [0, 0.1) is 5.92 Å². The fraction of sp³-hybridized carbons (Fsp3) is 0.391. The van der Waals surface area contributed by atoms with Crippen molar-refractivity contribution >= 4 is 23.2 Å². The van der Waals surface area contributed by atoms with Crippen LogP contribution in [0.4, 0.5) is 11.4 Å². The van der Waals surface area contributed by atoms with Gasteiger partial charge in [-0.15, -0.1) is 0 Å². The molecule has 2 aliphatic rings. The van der Waals surface area contributed by atoms with Gasteiger partial charge in [0.1, 0.15) is 11.5 Å². The van der Waals surface area contributed by atoms with Crippen molar-refractivity contribution in [1.29, 1.82) is 0 Å². The van der Waals surface area contributed by atoms with Crippen molar-refractivity contribution in [2.45, 2.75) is 26.2 Å². The number of rotatable bonds is 5. The summed E-state index contributed by atoms with van der Waals surface area (Å²) in [6.07, 6.45) is 2.61. The van der Waals surface area contributed by atoms with Gasteiger partial charge in [-0.05, 0) is 55.5 Å². The molecule has 4 rings (SSSR count).